The van der Waals surface area contributed by atoms with Crippen molar-refractivity contribution < 1.29 is 22.6 Å². The number of nitrogens with zero attached hydrogens (tertiary/aromatic N) is 2. The Balaban J connectivity index is 1.84. The second-order valence-electron chi connectivity index (χ2n) is 7.38. The fourth-order valence-corrected chi connectivity index (χ4v) is 5.44. The van der Waals surface area contributed by atoms with Crippen LogP contribution < -0.4 is 19.5 Å². The minimum Gasteiger partial charge on any atom is -0.497 e. The maximum Gasteiger partial charge on any atom is 0.271 e. The van der Waals surface area contributed by atoms with Crippen molar-refractivity contribution in [1.29, 1.82) is 0 Å². The van der Waals surface area contributed by atoms with Crippen molar-refractivity contribution in [3.8, 4) is 17.2 Å². The molecule has 2 heterocycles. The van der Waals surface area contributed by atoms with Gasteiger partial charge >= 0.3 is 0 Å². The van der Waals surface area contributed by atoms with Crippen LogP contribution in [0.25, 0.3) is 10.9 Å². The van der Waals surface area contributed by atoms with E-state index >= 15 is 0 Å². The molecule has 0 spiro atoms. The number of aromatic nitrogens is 1. The van der Waals surface area contributed by atoms with Crippen LogP contribution in [-0.4, -0.2) is 64.8 Å². The lowest BCUT2D eigenvalue weighted by Crippen LogP contribution is -2.42. The van der Waals surface area contributed by atoms with Crippen molar-refractivity contribution in [3.05, 3.63) is 48.2 Å². The first-order valence-electron chi connectivity index (χ1n) is 10.1. The van der Waals surface area contributed by atoms with Gasteiger partial charge in [0.25, 0.3) is 10.0 Å². The number of nitrogens with one attached hydrogen (secondary N) is 1. The molecular formula is C22H27N3O5S. The standard InChI is InChI=1S/C22H27N3O5S/c1-28-17-4-5-21(30-3)22(14-17)31(26,27)25-9-6-19-16(12-18(29-2)13-20(19)25)15-24-10-7-23-8-11-24/h4-6,9,12-14,23H,7-8,10-11,15H2,1-3H3. The zero-order valence-corrected chi connectivity index (χ0v) is 18.7. The van der Waals surface area contributed by atoms with Crippen LogP contribution in [0.3, 0.4) is 0 Å². The molecule has 0 bridgehead atoms. The number of fused-ring (bicyclic) bond motifs is 1. The van der Waals surface area contributed by atoms with Crippen LogP contribution >= 0.6 is 0 Å². The van der Waals surface area contributed by atoms with Crippen molar-refractivity contribution >= 4 is 20.9 Å². The normalized spacial score (nSPS) is 15.2. The Labute approximate surface area is 182 Å². The molecule has 0 aliphatic carbocycles. The van der Waals surface area contributed by atoms with Crippen LogP contribution in [0.15, 0.2) is 47.5 Å². The summed E-state index contributed by atoms with van der Waals surface area (Å²) in [4.78, 5) is 2.39. The van der Waals surface area contributed by atoms with E-state index in [1.165, 1.54) is 24.3 Å². The molecule has 166 valence electrons. The van der Waals surface area contributed by atoms with Crippen molar-refractivity contribution in [2.24, 2.45) is 0 Å². The van der Waals surface area contributed by atoms with Crippen LogP contribution in [0.2, 0.25) is 0 Å². The molecule has 1 aromatic heterocycles. The Hall–Kier alpha value is -2.75. The molecule has 0 saturated carbocycles. The van der Waals surface area contributed by atoms with Crippen molar-refractivity contribution in [2.75, 3.05) is 47.5 Å². The molecule has 1 fully saturated rings. The van der Waals surface area contributed by atoms with Crippen molar-refractivity contribution in [3.63, 3.8) is 0 Å². The number of methoxy groups -OCH3 is 3. The Morgan fingerprint density at radius 3 is 2.35 bits per heavy atom. The van der Waals surface area contributed by atoms with Gasteiger partial charge in [-0.25, -0.2) is 12.4 Å². The summed E-state index contributed by atoms with van der Waals surface area (Å²) in [6.07, 6.45) is 1.58. The van der Waals surface area contributed by atoms with E-state index in [9.17, 15) is 8.42 Å². The van der Waals surface area contributed by atoms with Crippen LogP contribution in [0.5, 0.6) is 17.2 Å². The van der Waals surface area contributed by atoms with E-state index in [0.717, 1.165) is 43.7 Å². The second kappa shape index (κ2) is 8.78. The summed E-state index contributed by atoms with van der Waals surface area (Å²) < 4.78 is 44.6. The first-order valence-corrected chi connectivity index (χ1v) is 11.5. The molecule has 4 rings (SSSR count). The quantitative estimate of drug-likeness (QED) is 0.598. The third-order valence-electron chi connectivity index (χ3n) is 5.58. The highest BCUT2D eigenvalue weighted by atomic mass is 32.2. The number of ether oxygens (including phenoxy) is 3. The lowest BCUT2D eigenvalue weighted by atomic mass is 10.1. The van der Waals surface area contributed by atoms with E-state index in [1.807, 2.05) is 12.1 Å². The number of hydrogen-bond acceptors (Lipinski definition) is 7. The Morgan fingerprint density at radius 1 is 0.935 bits per heavy atom. The van der Waals surface area contributed by atoms with E-state index in [-0.39, 0.29) is 10.6 Å². The van der Waals surface area contributed by atoms with Gasteiger partial charge in [-0.1, -0.05) is 0 Å². The Bertz CT molecular complexity index is 1180. The SMILES string of the molecule is COc1ccc(OC)c(S(=O)(=O)n2ccc3c(CN4CCNCC4)cc(OC)cc32)c1. The molecule has 31 heavy (non-hydrogen) atoms. The minimum absolute atomic E-state index is 0.0401. The van der Waals surface area contributed by atoms with Crippen LogP contribution in [0, 0.1) is 0 Å². The third-order valence-corrected chi connectivity index (χ3v) is 7.29. The maximum atomic E-state index is 13.6. The van der Waals surface area contributed by atoms with Crippen molar-refractivity contribution in [1.82, 2.24) is 14.2 Å². The fraction of sp³-hybridized carbons (Fsp3) is 0.364. The van der Waals surface area contributed by atoms with Gasteiger partial charge in [-0.05, 0) is 29.8 Å². The van der Waals surface area contributed by atoms with E-state index < -0.39 is 10.0 Å². The molecule has 1 aliphatic rings. The number of rotatable bonds is 7. The largest absolute Gasteiger partial charge is 0.497 e. The average molecular weight is 446 g/mol. The Kier molecular flexibility index (Phi) is 6.08. The molecule has 2 aromatic carbocycles. The van der Waals surface area contributed by atoms with Gasteiger partial charge in [0.05, 0.1) is 26.8 Å². The second-order valence-corrected chi connectivity index (χ2v) is 9.16. The first-order chi connectivity index (χ1) is 15.0. The van der Waals surface area contributed by atoms with Gasteiger partial charge in [0.15, 0.2) is 0 Å². The number of piperazine rings is 1. The maximum absolute atomic E-state index is 13.6. The molecule has 1 aliphatic heterocycles. The predicted molar refractivity (Wildman–Crippen MR) is 119 cm³/mol. The van der Waals surface area contributed by atoms with Crippen LogP contribution in [0.1, 0.15) is 5.56 Å². The number of hydrogen-bond donors (Lipinski definition) is 1. The molecule has 0 unspecified atom stereocenters. The topological polar surface area (TPSA) is 82.0 Å². The average Bonchev–Trinajstić information content (AvgIpc) is 3.24. The fourth-order valence-electron chi connectivity index (χ4n) is 3.93. The summed E-state index contributed by atoms with van der Waals surface area (Å²) in [7, 11) is 0.590. The van der Waals surface area contributed by atoms with Crippen molar-refractivity contribution in [2.45, 2.75) is 11.4 Å². The van der Waals surface area contributed by atoms with E-state index in [2.05, 4.69) is 10.2 Å². The first kappa shape index (κ1) is 21.5. The summed E-state index contributed by atoms with van der Waals surface area (Å²) >= 11 is 0. The highest BCUT2D eigenvalue weighted by Crippen LogP contribution is 2.34. The summed E-state index contributed by atoms with van der Waals surface area (Å²) in [5.41, 5.74) is 1.59. The van der Waals surface area contributed by atoms with E-state index in [1.54, 1.807) is 31.5 Å². The van der Waals surface area contributed by atoms with Gasteiger partial charge in [0.1, 0.15) is 22.1 Å². The highest BCUT2D eigenvalue weighted by Gasteiger charge is 2.25. The molecule has 8 nitrogen and oxygen atoms in total. The molecular weight excluding hydrogens is 418 g/mol. The highest BCUT2D eigenvalue weighted by molar-refractivity contribution is 7.90. The third kappa shape index (κ3) is 4.08. The van der Waals surface area contributed by atoms with Gasteiger partial charge < -0.3 is 19.5 Å². The molecule has 0 radical (unpaired) electrons. The summed E-state index contributed by atoms with van der Waals surface area (Å²) in [5.74, 6) is 1.31. The van der Waals surface area contributed by atoms with Gasteiger partial charge in [0.2, 0.25) is 0 Å². The monoisotopic (exact) mass is 445 g/mol. The van der Waals surface area contributed by atoms with E-state index in [4.69, 9.17) is 14.2 Å². The van der Waals surface area contributed by atoms with Crippen LogP contribution in [0.4, 0.5) is 0 Å². The molecule has 3 aromatic rings. The zero-order chi connectivity index (χ0) is 22.0. The lowest BCUT2D eigenvalue weighted by molar-refractivity contribution is 0.234. The molecule has 0 amide bonds. The predicted octanol–water partition coefficient (Wildman–Crippen LogP) is 2.31. The Morgan fingerprint density at radius 2 is 1.68 bits per heavy atom. The van der Waals surface area contributed by atoms with Gasteiger partial charge in [0, 0.05) is 56.4 Å². The minimum atomic E-state index is -3.94. The lowest BCUT2D eigenvalue weighted by Gasteiger charge is -2.27. The summed E-state index contributed by atoms with van der Waals surface area (Å²) in [6, 6.07) is 10.3. The zero-order valence-electron chi connectivity index (χ0n) is 17.9. The molecule has 0 atom stereocenters. The van der Waals surface area contributed by atoms with Gasteiger partial charge in [-0.2, -0.15) is 0 Å². The molecule has 9 heteroatoms. The van der Waals surface area contributed by atoms with Crippen LogP contribution in [-0.2, 0) is 16.6 Å². The number of benzene rings is 2. The molecule has 1 saturated heterocycles. The summed E-state index contributed by atoms with van der Waals surface area (Å²) in [5, 5.41) is 4.23. The van der Waals surface area contributed by atoms with Gasteiger partial charge in [-0.15, -0.1) is 0 Å². The summed E-state index contributed by atoms with van der Waals surface area (Å²) in [6.45, 7) is 4.50. The van der Waals surface area contributed by atoms with E-state index in [0.29, 0.717) is 17.0 Å². The molecule has 1 N–H and O–H groups in total. The smallest absolute Gasteiger partial charge is 0.271 e. The van der Waals surface area contributed by atoms with Gasteiger partial charge in [-0.3, -0.25) is 4.90 Å².